The van der Waals surface area contributed by atoms with E-state index in [1.165, 1.54) is 6.92 Å². The Labute approximate surface area is 157 Å². The first-order chi connectivity index (χ1) is 12.8. The number of benzene rings is 1. The summed E-state index contributed by atoms with van der Waals surface area (Å²) in [5.41, 5.74) is 0.699. The SMILES string of the molecule is CC(=O)Oc1cccc(C(=O)NC(CC2C=CC=CC2)C(O)C(=O)O)c1C. The zero-order chi connectivity index (χ0) is 20.0. The Bertz CT molecular complexity index is 783. The Morgan fingerprint density at radius 3 is 2.63 bits per heavy atom. The molecule has 0 spiro atoms. The number of carbonyl (C=O) groups excluding carboxylic acids is 2. The molecular formula is C20H23NO6. The molecule has 0 aliphatic heterocycles. The van der Waals surface area contributed by atoms with E-state index in [9.17, 15) is 24.6 Å². The smallest absolute Gasteiger partial charge is 0.334 e. The number of aliphatic carboxylic acids is 1. The molecule has 3 N–H and O–H groups in total. The van der Waals surface area contributed by atoms with Crippen molar-refractivity contribution in [2.24, 2.45) is 5.92 Å². The summed E-state index contributed by atoms with van der Waals surface area (Å²) in [4.78, 5) is 35.1. The highest BCUT2D eigenvalue weighted by Crippen LogP contribution is 2.23. The van der Waals surface area contributed by atoms with Gasteiger partial charge in [0.1, 0.15) is 5.75 Å². The van der Waals surface area contributed by atoms with Gasteiger partial charge in [-0.25, -0.2) is 4.79 Å². The van der Waals surface area contributed by atoms with E-state index in [2.05, 4.69) is 5.32 Å². The minimum absolute atomic E-state index is 0.0165. The number of amides is 1. The van der Waals surface area contributed by atoms with Crippen LogP contribution >= 0.6 is 0 Å². The molecule has 0 fully saturated rings. The highest BCUT2D eigenvalue weighted by Gasteiger charge is 2.30. The van der Waals surface area contributed by atoms with Crippen molar-refractivity contribution in [3.63, 3.8) is 0 Å². The molecule has 3 atom stereocenters. The average molecular weight is 373 g/mol. The number of aliphatic hydroxyl groups is 1. The van der Waals surface area contributed by atoms with E-state index < -0.39 is 30.0 Å². The fourth-order valence-electron chi connectivity index (χ4n) is 2.94. The van der Waals surface area contributed by atoms with Crippen molar-refractivity contribution in [1.29, 1.82) is 0 Å². The third-order valence-corrected chi connectivity index (χ3v) is 4.36. The van der Waals surface area contributed by atoms with Crippen LogP contribution in [0.15, 0.2) is 42.5 Å². The van der Waals surface area contributed by atoms with E-state index in [0.717, 1.165) is 0 Å². The molecule has 7 nitrogen and oxygen atoms in total. The molecule has 27 heavy (non-hydrogen) atoms. The molecule has 1 amide bonds. The number of esters is 1. The largest absolute Gasteiger partial charge is 0.479 e. The summed E-state index contributed by atoms with van der Waals surface area (Å²) < 4.78 is 5.07. The van der Waals surface area contributed by atoms with Crippen LogP contribution in [0.1, 0.15) is 35.7 Å². The summed E-state index contributed by atoms with van der Waals surface area (Å²) in [6.45, 7) is 2.89. The van der Waals surface area contributed by atoms with Crippen LogP contribution in [0.4, 0.5) is 0 Å². The van der Waals surface area contributed by atoms with Crippen molar-refractivity contribution in [1.82, 2.24) is 5.32 Å². The maximum atomic E-state index is 12.7. The van der Waals surface area contributed by atoms with Gasteiger partial charge in [0.2, 0.25) is 0 Å². The Morgan fingerprint density at radius 1 is 1.30 bits per heavy atom. The molecule has 0 bridgehead atoms. The van der Waals surface area contributed by atoms with Crippen LogP contribution in [0.25, 0.3) is 0 Å². The van der Waals surface area contributed by atoms with E-state index in [0.29, 0.717) is 12.0 Å². The molecular weight excluding hydrogens is 350 g/mol. The van der Waals surface area contributed by atoms with Gasteiger partial charge in [-0.15, -0.1) is 0 Å². The number of nitrogens with one attached hydrogen (secondary N) is 1. The first-order valence-corrected chi connectivity index (χ1v) is 8.62. The van der Waals surface area contributed by atoms with E-state index in [4.69, 9.17) is 4.74 Å². The summed E-state index contributed by atoms with van der Waals surface area (Å²) in [6, 6.07) is 3.71. The van der Waals surface area contributed by atoms with Gasteiger partial charge in [0.15, 0.2) is 6.10 Å². The van der Waals surface area contributed by atoms with Crippen molar-refractivity contribution in [3.05, 3.63) is 53.6 Å². The molecule has 7 heteroatoms. The van der Waals surface area contributed by atoms with Gasteiger partial charge in [0.05, 0.1) is 6.04 Å². The van der Waals surface area contributed by atoms with Crippen molar-refractivity contribution >= 4 is 17.8 Å². The minimum Gasteiger partial charge on any atom is -0.479 e. The van der Waals surface area contributed by atoms with Gasteiger partial charge in [-0.2, -0.15) is 0 Å². The third-order valence-electron chi connectivity index (χ3n) is 4.36. The number of carboxylic acids is 1. The van der Waals surface area contributed by atoms with E-state index in [1.807, 2.05) is 24.3 Å². The minimum atomic E-state index is -1.73. The summed E-state index contributed by atoms with van der Waals surface area (Å²) in [6.07, 6.45) is 6.86. The topological polar surface area (TPSA) is 113 Å². The maximum absolute atomic E-state index is 12.7. The van der Waals surface area contributed by atoms with E-state index >= 15 is 0 Å². The predicted octanol–water partition coefficient (Wildman–Crippen LogP) is 1.99. The number of ether oxygens (including phenoxy) is 1. The molecule has 3 unspecified atom stereocenters. The lowest BCUT2D eigenvalue weighted by atomic mass is 9.90. The van der Waals surface area contributed by atoms with E-state index in [1.54, 1.807) is 25.1 Å². The zero-order valence-electron chi connectivity index (χ0n) is 15.2. The molecule has 0 saturated heterocycles. The van der Waals surface area contributed by atoms with Crippen molar-refractivity contribution in [3.8, 4) is 5.75 Å². The molecule has 1 aromatic rings. The molecule has 1 aliphatic carbocycles. The lowest BCUT2D eigenvalue weighted by Crippen LogP contribution is -2.48. The quantitative estimate of drug-likeness (QED) is 0.498. The summed E-state index contributed by atoms with van der Waals surface area (Å²) >= 11 is 0. The lowest BCUT2D eigenvalue weighted by Gasteiger charge is -2.25. The highest BCUT2D eigenvalue weighted by atomic mass is 16.5. The number of aliphatic hydroxyl groups excluding tert-OH is 1. The second kappa shape index (κ2) is 9.14. The van der Waals surface area contributed by atoms with Gasteiger partial charge in [-0.05, 0) is 37.8 Å². The normalized spacial score (nSPS) is 17.8. The second-order valence-corrected chi connectivity index (χ2v) is 6.43. The standard InChI is InChI=1S/C20H23NO6/c1-12-15(9-6-10-17(12)27-13(2)22)19(24)21-16(18(23)20(25)26)11-14-7-4-3-5-8-14/h3-7,9-10,14,16,18,23H,8,11H2,1-2H3,(H,21,24)(H,25,26). The molecule has 2 rings (SSSR count). The Kier molecular flexibility index (Phi) is 6.90. The summed E-state index contributed by atoms with van der Waals surface area (Å²) in [5.74, 6) is -2.18. The van der Waals surface area contributed by atoms with Gasteiger partial charge in [-0.3, -0.25) is 9.59 Å². The molecule has 0 saturated carbocycles. The van der Waals surface area contributed by atoms with Crippen LogP contribution in [0.3, 0.4) is 0 Å². The number of carbonyl (C=O) groups is 3. The predicted molar refractivity (Wildman–Crippen MR) is 98.4 cm³/mol. The number of carboxylic acid groups (broad SMARTS) is 1. The van der Waals surface area contributed by atoms with Crippen molar-refractivity contribution in [2.75, 3.05) is 0 Å². The zero-order valence-corrected chi connectivity index (χ0v) is 15.2. The Hall–Kier alpha value is -2.93. The van der Waals surface area contributed by atoms with Crippen LogP contribution in [-0.2, 0) is 9.59 Å². The molecule has 0 heterocycles. The van der Waals surface area contributed by atoms with Crippen LogP contribution in [0.5, 0.6) is 5.75 Å². The first-order valence-electron chi connectivity index (χ1n) is 8.62. The molecule has 0 aromatic heterocycles. The Balaban J connectivity index is 2.19. The molecule has 1 aliphatic rings. The molecule has 144 valence electrons. The van der Waals surface area contributed by atoms with Gasteiger partial charge >= 0.3 is 11.9 Å². The van der Waals surface area contributed by atoms with Crippen molar-refractivity contribution < 1.29 is 29.3 Å². The second-order valence-electron chi connectivity index (χ2n) is 6.43. The molecule has 1 aromatic carbocycles. The third kappa shape index (κ3) is 5.52. The summed E-state index contributed by atoms with van der Waals surface area (Å²) in [7, 11) is 0. The van der Waals surface area contributed by atoms with Gasteiger partial charge in [-0.1, -0.05) is 30.4 Å². The first kappa shape index (κ1) is 20.4. The monoisotopic (exact) mass is 373 g/mol. The van der Waals surface area contributed by atoms with Crippen LogP contribution in [0, 0.1) is 12.8 Å². The number of allylic oxidation sites excluding steroid dienone is 4. The molecule has 0 radical (unpaired) electrons. The van der Waals surface area contributed by atoms with Gasteiger partial charge < -0.3 is 20.3 Å². The van der Waals surface area contributed by atoms with Crippen LogP contribution in [-0.4, -0.2) is 40.2 Å². The highest BCUT2D eigenvalue weighted by molar-refractivity contribution is 5.97. The van der Waals surface area contributed by atoms with Crippen LogP contribution in [0.2, 0.25) is 0 Å². The lowest BCUT2D eigenvalue weighted by molar-refractivity contribution is -0.148. The number of rotatable bonds is 7. The average Bonchev–Trinajstić information content (AvgIpc) is 2.62. The van der Waals surface area contributed by atoms with Crippen molar-refractivity contribution in [2.45, 2.75) is 38.8 Å². The number of hydrogen-bond donors (Lipinski definition) is 3. The fraction of sp³-hybridized carbons (Fsp3) is 0.350. The Morgan fingerprint density at radius 2 is 2.04 bits per heavy atom. The fourth-order valence-corrected chi connectivity index (χ4v) is 2.94. The van der Waals surface area contributed by atoms with Crippen LogP contribution < -0.4 is 10.1 Å². The maximum Gasteiger partial charge on any atom is 0.334 e. The van der Waals surface area contributed by atoms with Gasteiger partial charge in [0, 0.05) is 18.1 Å². The van der Waals surface area contributed by atoms with Gasteiger partial charge in [0.25, 0.3) is 5.91 Å². The van der Waals surface area contributed by atoms with E-state index in [-0.39, 0.29) is 23.7 Å². The summed E-state index contributed by atoms with van der Waals surface area (Å²) in [5, 5.41) is 21.8. The number of hydrogen-bond acceptors (Lipinski definition) is 5.